The van der Waals surface area contributed by atoms with Crippen molar-refractivity contribution < 1.29 is 4.48 Å². The van der Waals surface area contributed by atoms with Gasteiger partial charge in [-0.2, -0.15) is 0 Å². The Morgan fingerprint density at radius 1 is 0.677 bits per heavy atom. The van der Waals surface area contributed by atoms with E-state index in [1.165, 1.54) is 68.2 Å². The number of rotatable bonds is 16. The molecular formula is C30H54N+. The molecule has 0 N–H and O–H groups in total. The fourth-order valence-corrected chi connectivity index (χ4v) is 3.48. The lowest BCUT2D eigenvalue weighted by Gasteiger charge is -2.23. The molecule has 31 heavy (non-hydrogen) atoms. The van der Waals surface area contributed by atoms with Crippen molar-refractivity contribution in [2.75, 3.05) is 27.7 Å². The first-order valence-electron chi connectivity index (χ1n) is 12.6. The molecule has 0 saturated heterocycles. The van der Waals surface area contributed by atoms with E-state index in [0.29, 0.717) is 5.92 Å². The van der Waals surface area contributed by atoms with Gasteiger partial charge < -0.3 is 4.48 Å². The lowest BCUT2D eigenvalue weighted by molar-refractivity contribution is -0.870. The molecule has 0 amide bonds. The zero-order valence-electron chi connectivity index (χ0n) is 22.6. The number of hydrogen-bond acceptors (Lipinski definition) is 0. The van der Waals surface area contributed by atoms with Gasteiger partial charge in [-0.05, 0) is 91.9 Å². The van der Waals surface area contributed by atoms with Gasteiger partial charge in [0.15, 0.2) is 0 Å². The molecule has 1 unspecified atom stereocenters. The minimum absolute atomic E-state index is 0.647. The first kappa shape index (κ1) is 29.7. The van der Waals surface area contributed by atoms with Crippen LogP contribution in [0.25, 0.3) is 0 Å². The third-order valence-corrected chi connectivity index (χ3v) is 5.65. The van der Waals surface area contributed by atoms with Crippen LogP contribution in [-0.4, -0.2) is 32.2 Å². The van der Waals surface area contributed by atoms with Gasteiger partial charge >= 0.3 is 0 Å². The van der Waals surface area contributed by atoms with Crippen LogP contribution in [0.2, 0.25) is 0 Å². The summed E-state index contributed by atoms with van der Waals surface area (Å²) in [4.78, 5) is 0. The van der Waals surface area contributed by atoms with Crippen LogP contribution in [0.4, 0.5) is 0 Å². The van der Waals surface area contributed by atoms with Gasteiger partial charge in [-0.15, -0.1) is 0 Å². The van der Waals surface area contributed by atoms with Gasteiger partial charge in [0.1, 0.15) is 0 Å². The van der Waals surface area contributed by atoms with Crippen molar-refractivity contribution in [2.45, 2.75) is 99.3 Å². The van der Waals surface area contributed by atoms with E-state index in [1.54, 1.807) is 5.57 Å². The van der Waals surface area contributed by atoms with Gasteiger partial charge in [0.25, 0.3) is 0 Å². The highest BCUT2D eigenvalue weighted by Gasteiger charge is 2.05. The molecule has 1 nitrogen and oxygen atoms in total. The van der Waals surface area contributed by atoms with Gasteiger partial charge in [0.05, 0.1) is 27.7 Å². The summed E-state index contributed by atoms with van der Waals surface area (Å²) in [6.07, 6.45) is 25.2. The molecule has 0 heterocycles. The first-order valence-corrected chi connectivity index (χ1v) is 12.6. The van der Waals surface area contributed by atoms with Crippen molar-refractivity contribution >= 4 is 0 Å². The lowest BCUT2D eigenvalue weighted by Crippen LogP contribution is -2.35. The second kappa shape index (κ2) is 17.2. The Morgan fingerprint density at radius 3 is 1.74 bits per heavy atom. The smallest absolute Gasteiger partial charge is 0.0783 e. The predicted molar refractivity (Wildman–Crippen MR) is 143 cm³/mol. The van der Waals surface area contributed by atoms with Crippen molar-refractivity contribution in [2.24, 2.45) is 5.92 Å². The van der Waals surface area contributed by atoms with Crippen LogP contribution in [0, 0.1) is 5.92 Å². The van der Waals surface area contributed by atoms with Crippen LogP contribution in [-0.2, 0) is 0 Å². The quantitative estimate of drug-likeness (QED) is 0.130. The van der Waals surface area contributed by atoms with Gasteiger partial charge in [0, 0.05) is 6.42 Å². The Morgan fingerprint density at radius 2 is 1.19 bits per heavy atom. The fourth-order valence-electron chi connectivity index (χ4n) is 3.48. The Labute approximate surface area is 196 Å². The van der Waals surface area contributed by atoms with Crippen molar-refractivity contribution in [1.29, 1.82) is 0 Å². The van der Waals surface area contributed by atoms with Crippen molar-refractivity contribution in [3.8, 4) is 0 Å². The van der Waals surface area contributed by atoms with Crippen LogP contribution >= 0.6 is 0 Å². The zero-order valence-corrected chi connectivity index (χ0v) is 22.6. The van der Waals surface area contributed by atoms with Gasteiger partial charge in [-0.25, -0.2) is 0 Å². The Balaban J connectivity index is 4.02. The summed E-state index contributed by atoms with van der Waals surface area (Å²) < 4.78 is 1.07. The molecule has 1 atom stereocenters. The SMILES string of the molecule is CC(C)=CCC(C)C=CCCC(C)=CCCC=C(C)CCC=C(C)CCC[N+](C)(C)C. The molecule has 0 aromatic heterocycles. The Hall–Kier alpha value is -1.34. The van der Waals surface area contributed by atoms with E-state index in [2.05, 4.69) is 99.1 Å². The molecule has 1 heteroatoms. The van der Waals surface area contributed by atoms with Gasteiger partial charge in [-0.3, -0.25) is 0 Å². The minimum atomic E-state index is 0.647. The zero-order chi connectivity index (χ0) is 23.7. The van der Waals surface area contributed by atoms with E-state index in [9.17, 15) is 0 Å². The average molecular weight is 429 g/mol. The fraction of sp³-hybridized carbons (Fsp3) is 0.667. The topological polar surface area (TPSA) is 0 Å². The summed E-state index contributed by atoms with van der Waals surface area (Å²) >= 11 is 0. The standard InChI is InChI=1S/C30H54N/c1-26(2)23-24-30(6)19-13-12-17-27(3)16-10-11-18-28(4)20-14-21-29(5)22-15-25-31(7,8)9/h13,16,18-19,21,23,30H,10-12,14-15,17,20,22,24-25H2,1-9H3/q+1. The molecule has 0 saturated carbocycles. The average Bonchev–Trinajstić information content (AvgIpc) is 2.66. The van der Waals surface area contributed by atoms with E-state index in [-0.39, 0.29) is 0 Å². The number of hydrogen-bond donors (Lipinski definition) is 0. The van der Waals surface area contributed by atoms with E-state index in [1.807, 2.05) is 0 Å². The number of quaternary nitrogens is 1. The summed E-state index contributed by atoms with van der Waals surface area (Å²) in [5.41, 5.74) is 6.04. The highest BCUT2D eigenvalue weighted by atomic mass is 15.3. The molecule has 0 aromatic carbocycles. The maximum Gasteiger partial charge on any atom is 0.0783 e. The van der Waals surface area contributed by atoms with Crippen LogP contribution < -0.4 is 0 Å². The summed E-state index contributed by atoms with van der Waals surface area (Å²) in [6.45, 7) is 14.8. The monoisotopic (exact) mass is 428 g/mol. The van der Waals surface area contributed by atoms with E-state index < -0.39 is 0 Å². The molecule has 0 bridgehead atoms. The maximum absolute atomic E-state index is 2.45. The molecule has 0 rings (SSSR count). The van der Waals surface area contributed by atoms with Gasteiger partial charge in [0.2, 0.25) is 0 Å². The molecule has 178 valence electrons. The molecule has 0 aliphatic rings. The minimum Gasteiger partial charge on any atom is -0.331 e. The summed E-state index contributed by atoms with van der Waals surface area (Å²) in [6, 6.07) is 0. The maximum atomic E-state index is 2.45. The Kier molecular flexibility index (Phi) is 16.5. The van der Waals surface area contributed by atoms with E-state index >= 15 is 0 Å². The Bertz CT molecular complexity index is 615. The number of unbranched alkanes of at least 4 members (excludes halogenated alkanes) is 1. The first-order chi connectivity index (χ1) is 14.5. The van der Waals surface area contributed by atoms with Crippen molar-refractivity contribution in [3.05, 3.63) is 58.7 Å². The lowest BCUT2D eigenvalue weighted by atomic mass is 10.0. The molecule has 0 spiro atoms. The van der Waals surface area contributed by atoms with Crippen LogP contribution in [0.15, 0.2) is 58.7 Å². The molecule has 0 radical (unpaired) electrons. The molecule has 0 aromatic rings. The summed E-state index contributed by atoms with van der Waals surface area (Å²) in [7, 11) is 6.82. The van der Waals surface area contributed by atoms with E-state index in [0.717, 1.165) is 17.3 Å². The van der Waals surface area contributed by atoms with Crippen molar-refractivity contribution in [3.63, 3.8) is 0 Å². The normalized spacial score (nSPS) is 14.9. The molecular weight excluding hydrogens is 374 g/mol. The summed E-state index contributed by atoms with van der Waals surface area (Å²) in [5.74, 6) is 0.647. The highest BCUT2D eigenvalue weighted by Crippen LogP contribution is 2.14. The van der Waals surface area contributed by atoms with Crippen LogP contribution in [0.5, 0.6) is 0 Å². The molecule has 0 aliphatic heterocycles. The molecule has 0 aliphatic carbocycles. The van der Waals surface area contributed by atoms with Crippen LogP contribution in [0.3, 0.4) is 0 Å². The second-order valence-electron chi connectivity index (χ2n) is 10.8. The third kappa shape index (κ3) is 21.7. The van der Waals surface area contributed by atoms with Crippen molar-refractivity contribution in [1.82, 2.24) is 0 Å². The van der Waals surface area contributed by atoms with E-state index in [4.69, 9.17) is 0 Å². The summed E-state index contributed by atoms with van der Waals surface area (Å²) in [5, 5.41) is 0. The second-order valence-corrected chi connectivity index (χ2v) is 10.8. The number of allylic oxidation sites excluding steroid dienone is 10. The number of nitrogens with zero attached hydrogens (tertiary/aromatic N) is 1. The van der Waals surface area contributed by atoms with Crippen LogP contribution in [0.1, 0.15) is 99.3 Å². The predicted octanol–water partition coefficient (Wildman–Crippen LogP) is 9.20. The highest BCUT2D eigenvalue weighted by molar-refractivity contribution is 5.06. The largest absolute Gasteiger partial charge is 0.331 e. The molecule has 0 fully saturated rings. The van der Waals surface area contributed by atoms with Gasteiger partial charge in [-0.1, -0.05) is 65.7 Å². The third-order valence-electron chi connectivity index (χ3n) is 5.65.